The molecule has 0 saturated heterocycles. The molecule has 2 rings (SSSR count). The van der Waals surface area contributed by atoms with E-state index in [9.17, 15) is 4.79 Å². The van der Waals surface area contributed by atoms with Crippen molar-refractivity contribution in [3.05, 3.63) is 54.4 Å². The minimum atomic E-state index is -0.0841. The Kier molecular flexibility index (Phi) is 4.18. The number of hydrogen-bond donors (Lipinski definition) is 0. The van der Waals surface area contributed by atoms with Crippen molar-refractivity contribution >= 4 is 5.91 Å². The Bertz CT molecular complexity index is 530. The van der Waals surface area contributed by atoms with Gasteiger partial charge in [0.1, 0.15) is 6.33 Å². The third-order valence-electron chi connectivity index (χ3n) is 3.07. The van der Waals surface area contributed by atoms with Crippen LogP contribution in [-0.2, 0) is 11.2 Å². The number of carbonyl (C=O) groups is 1. The Labute approximate surface area is 112 Å². The molecule has 98 valence electrons. The second-order valence-corrected chi connectivity index (χ2v) is 4.31. The van der Waals surface area contributed by atoms with Gasteiger partial charge >= 0.3 is 0 Å². The van der Waals surface area contributed by atoms with Gasteiger partial charge < -0.3 is 4.90 Å². The minimum Gasteiger partial charge on any atom is -0.337 e. The molecule has 0 aromatic carbocycles. The van der Waals surface area contributed by atoms with Crippen LogP contribution < -0.4 is 0 Å². The number of carbonyl (C=O) groups excluding carboxylic acids is 1. The van der Waals surface area contributed by atoms with E-state index in [-0.39, 0.29) is 11.9 Å². The number of nitrogens with zero attached hydrogens (tertiary/aromatic N) is 4. The van der Waals surface area contributed by atoms with Gasteiger partial charge in [0.25, 0.3) is 0 Å². The van der Waals surface area contributed by atoms with Crippen molar-refractivity contribution in [2.45, 2.75) is 19.4 Å². The van der Waals surface area contributed by atoms with Crippen LogP contribution in [0.15, 0.2) is 43.0 Å². The van der Waals surface area contributed by atoms with E-state index < -0.39 is 0 Å². The number of likely N-dealkylation sites (N-methyl/N-ethyl adjacent to an activating group) is 1. The maximum absolute atomic E-state index is 12.2. The van der Waals surface area contributed by atoms with E-state index in [1.165, 1.54) is 6.33 Å². The summed E-state index contributed by atoms with van der Waals surface area (Å²) in [6.07, 6.45) is 5.15. The third kappa shape index (κ3) is 3.34. The molecule has 0 spiro atoms. The molecule has 2 aromatic heterocycles. The standard InChI is InChI=1S/C14H16N4O/c1-11(13-6-8-15-10-17-13)18(2)14(19)9-12-5-3-4-7-16-12/h3-8,10-11H,9H2,1-2H3/t11-/m1/s1. The van der Waals surface area contributed by atoms with E-state index in [0.717, 1.165) is 11.4 Å². The highest BCUT2D eigenvalue weighted by Crippen LogP contribution is 2.16. The van der Waals surface area contributed by atoms with Crippen molar-refractivity contribution in [2.24, 2.45) is 0 Å². The summed E-state index contributed by atoms with van der Waals surface area (Å²) in [4.78, 5) is 26.1. The molecule has 0 radical (unpaired) electrons. The molecule has 0 saturated carbocycles. The lowest BCUT2D eigenvalue weighted by molar-refractivity contribution is -0.131. The molecule has 0 aliphatic rings. The van der Waals surface area contributed by atoms with Crippen molar-refractivity contribution in [1.82, 2.24) is 19.9 Å². The number of aromatic nitrogens is 3. The normalized spacial score (nSPS) is 11.9. The van der Waals surface area contributed by atoms with Crippen LogP contribution in [0.2, 0.25) is 0 Å². The van der Waals surface area contributed by atoms with Crippen molar-refractivity contribution in [1.29, 1.82) is 0 Å². The van der Waals surface area contributed by atoms with Gasteiger partial charge in [0.05, 0.1) is 18.2 Å². The average molecular weight is 256 g/mol. The van der Waals surface area contributed by atoms with Gasteiger partial charge in [-0.05, 0) is 25.1 Å². The van der Waals surface area contributed by atoms with Crippen molar-refractivity contribution < 1.29 is 4.79 Å². The molecule has 2 aromatic rings. The summed E-state index contributed by atoms with van der Waals surface area (Å²) in [7, 11) is 1.78. The molecular formula is C14H16N4O. The lowest BCUT2D eigenvalue weighted by Gasteiger charge is -2.24. The summed E-state index contributed by atoms with van der Waals surface area (Å²) >= 11 is 0. The van der Waals surface area contributed by atoms with Crippen LogP contribution in [0.1, 0.15) is 24.4 Å². The Balaban J connectivity index is 2.03. The fraction of sp³-hybridized carbons (Fsp3) is 0.286. The zero-order valence-electron chi connectivity index (χ0n) is 11.0. The summed E-state index contributed by atoms with van der Waals surface area (Å²) in [6.45, 7) is 1.94. The molecule has 0 aliphatic heterocycles. The van der Waals surface area contributed by atoms with Crippen LogP contribution >= 0.6 is 0 Å². The topological polar surface area (TPSA) is 59.0 Å². The number of pyridine rings is 1. The maximum atomic E-state index is 12.2. The molecular weight excluding hydrogens is 240 g/mol. The van der Waals surface area contributed by atoms with E-state index in [0.29, 0.717) is 6.42 Å². The largest absolute Gasteiger partial charge is 0.337 e. The molecule has 0 fully saturated rings. The van der Waals surface area contributed by atoms with Gasteiger partial charge in [-0.2, -0.15) is 0 Å². The van der Waals surface area contributed by atoms with E-state index in [2.05, 4.69) is 15.0 Å². The zero-order chi connectivity index (χ0) is 13.7. The van der Waals surface area contributed by atoms with Gasteiger partial charge in [0.2, 0.25) is 5.91 Å². The molecule has 19 heavy (non-hydrogen) atoms. The van der Waals surface area contributed by atoms with Crippen LogP contribution in [-0.4, -0.2) is 32.8 Å². The molecule has 0 unspecified atom stereocenters. The van der Waals surface area contributed by atoms with Gasteiger partial charge in [0, 0.05) is 25.1 Å². The van der Waals surface area contributed by atoms with Crippen molar-refractivity contribution in [3.8, 4) is 0 Å². The van der Waals surface area contributed by atoms with Crippen LogP contribution in [0, 0.1) is 0 Å². The third-order valence-corrected chi connectivity index (χ3v) is 3.07. The molecule has 2 heterocycles. The predicted molar refractivity (Wildman–Crippen MR) is 71.2 cm³/mol. The molecule has 1 atom stereocenters. The lowest BCUT2D eigenvalue weighted by atomic mass is 10.1. The minimum absolute atomic E-state index is 0.0183. The SMILES string of the molecule is C[C@H](c1ccncn1)N(C)C(=O)Cc1ccccn1. The zero-order valence-corrected chi connectivity index (χ0v) is 11.0. The first-order valence-electron chi connectivity index (χ1n) is 6.10. The summed E-state index contributed by atoms with van der Waals surface area (Å²) < 4.78 is 0. The first-order valence-corrected chi connectivity index (χ1v) is 6.10. The second kappa shape index (κ2) is 6.04. The summed E-state index contributed by atoms with van der Waals surface area (Å²) in [6, 6.07) is 7.29. The highest BCUT2D eigenvalue weighted by atomic mass is 16.2. The van der Waals surface area contributed by atoms with E-state index in [1.54, 1.807) is 24.3 Å². The Morgan fingerprint density at radius 2 is 2.11 bits per heavy atom. The second-order valence-electron chi connectivity index (χ2n) is 4.31. The molecule has 5 nitrogen and oxygen atoms in total. The van der Waals surface area contributed by atoms with Crippen LogP contribution in [0.3, 0.4) is 0 Å². The van der Waals surface area contributed by atoms with Gasteiger partial charge in [-0.25, -0.2) is 9.97 Å². The van der Waals surface area contributed by atoms with E-state index in [1.807, 2.05) is 31.2 Å². The van der Waals surface area contributed by atoms with Crippen molar-refractivity contribution in [2.75, 3.05) is 7.05 Å². The quantitative estimate of drug-likeness (QED) is 0.834. The molecule has 0 bridgehead atoms. The molecule has 5 heteroatoms. The molecule has 0 aliphatic carbocycles. The Morgan fingerprint density at radius 1 is 1.26 bits per heavy atom. The summed E-state index contributed by atoms with van der Waals surface area (Å²) in [5.41, 5.74) is 1.60. The van der Waals surface area contributed by atoms with Crippen molar-refractivity contribution in [3.63, 3.8) is 0 Å². The average Bonchev–Trinajstić information content (AvgIpc) is 2.47. The van der Waals surface area contributed by atoms with Gasteiger partial charge in [0.15, 0.2) is 0 Å². The fourth-order valence-electron chi connectivity index (χ4n) is 1.74. The predicted octanol–water partition coefficient (Wildman–Crippen LogP) is 1.63. The number of hydrogen-bond acceptors (Lipinski definition) is 4. The lowest BCUT2D eigenvalue weighted by Crippen LogP contribution is -2.31. The first-order chi connectivity index (χ1) is 9.18. The monoisotopic (exact) mass is 256 g/mol. The summed E-state index contributed by atoms with van der Waals surface area (Å²) in [5, 5.41) is 0. The Morgan fingerprint density at radius 3 is 2.74 bits per heavy atom. The highest BCUT2D eigenvalue weighted by molar-refractivity contribution is 5.78. The van der Waals surface area contributed by atoms with Gasteiger partial charge in [-0.3, -0.25) is 9.78 Å². The first kappa shape index (κ1) is 13.1. The highest BCUT2D eigenvalue weighted by Gasteiger charge is 2.18. The molecule has 0 N–H and O–H groups in total. The smallest absolute Gasteiger partial charge is 0.228 e. The fourth-order valence-corrected chi connectivity index (χ4v) is 1.74. The van der Waals surface area contributed by atoms with Crippen LogP contribution in [0.5, 0.6) is 0 Å². The van der Waals surface area contributed by atoms with E-state index >= 15 is 0 Å². The number of amides is 1. The van der Waals surface area contributed by atoms with Gasteiger partial charge in [-0.1, -0.05) is 6.07 Å². The number of rotatable bonds is 4. The van der Waals surface area contributed by atoms with Gasteiger partial charge in [-0.15, -0.1) is 0 Å². The van der Waals surface area contributed by atoms with E-state index in [4.69, 9.17) is 0 Å². The maximum Gasteiger partial charge on any atom is 0.228 e. The molecule has 1 amide bonds. The summed E-state index contributed by atoms with van der Waals surface area (Å²) in [5.74, 6) is 0.0183. The van der Waals surface area contributed by atoms with Crippen LogP contribution in [0.25, 0.3) is 0 Å². The Hall–Kier alpha value is -2.30. The van der Waals surface area contributed by atoms with Crippen LogP contribution in [0.4, 0.5) is 0 Å².